The van der Waals surface area contributed by atoms with Gasteiger partial charge in [0, 0.05) is 5.92 Å². The van der Waals surface area contributed by atoms with Crippen LogP contribution in [0.4, 0.5) is 8.78 Å². The molecule has 0 aromatic heterocycles. The molecular formula is C8H11F2NO. The van der Waals surface area contributed by atoms with Crippen LogP contribution in [-0.2, 0) is 4.79 Å². The van der Waals surface area contributed by atoms with Crippen molar-refractivity contribution in [2.24, 2.45) is 5.92 Å². The van der Waals surface area contributed by atoms with Gasteiger partial charge in [-0.3, -0.25) is 4.79 Å². The van der Waals surface area contributed by atoms with Gasteiger partial charge in [-0.2, -0.15) is 0 Å². The Kier molecular flexibility index (Phi) is 2.78. The molecule has 1 rings (SSSR count). The van der Waals surface area contributed by atoms with Crippen molar-refractivity contribution in [3.63, 3.8) is 0 Å². The SMILES string of the molecule is C=C1CC(C(=O)NCC(F)F)C1. The van der Waals surface area contributed by atoms with E-state index in [0.717, 1.165) is 5.57 Å². The summed E-state index contributed by atoms with van der Waals surface area (Å²) in [6.45, 7) is 3.12. The summed E-state index contributed by atoms with van der Waals surface area (Å²) in [6, 6.07) is 0. The Labute approximate surface area is 69.6 Å². The molecule has 4 heteroatoms. The van der Waals surface area contributed by atoms with Crippen LogP contribution in [0.2, 0.25) is 0 Å². The Hall–Kier alpha value is -0.930. The van der Waals surface area contributed by atoms with Crippen LogP contribution in [0.3, 0.4) is 0 Å². The summed E-state index contributed by atoms with van der Waals surface area (Å²) < 4.78 is 23.2. The summed E-state index contributed by atoms with van der Waals surface area (Å²) in [5.74, 6) is -0.390. The minimum Gasteiger partial charge on any atom is -0.350 e. The van der Waals surface area contributed by atoms with Crippen LogP contribution in [0.1, 0.15) is 12.8 Å². The Morgan fingerprint density at radius 3 is 2.67 bits per heavy atom. The largest absolute Gasteiger partial charge is 0.350 e. The topological polar surface area (TPSA) is 29.1 Å². The van der Waals surface area contributed by atoms with E-state index in [0.29, 0.717) is 12.8 Å². The maximum atomic E-state index is 11.6. The van der Waals surface area contributed by atoms with Gasteiger partial charge in [0.25, 0.3) is 6.43 Å². The second-order valence-electron chi connectivity index (χ2n) is 2.99. The fraction of sp³-hybridized carbons (Fsp3) is 0.625. The molecule has 0 bridgehead atoms. The van der Waals surface area contributed by atoms with E-state index >= 15 is 0 Å². The van der Waals surface area contributed by atoms with Crippen LogP contribution in [0, 0.1) is 5.92 Å². The summed E-state index contributed by atoms with van der Waals surface area (Å²) in [4.78, 5) is 11.0. The van der Waals surface area contributed by atoms with Crippen LogP contribution < -0.4 is 5.32 Å². The lowest BCUT2D eigenvalue weighted by molar-refractivity contribution is -0.126. The molecule has 0 aliphatic heterocycles. The van der Waals surface area contributed by atoms with Crippen molar-refractivity contribution in [1.29, 1.82) is 0 Å². The van der Waals surface area contributed by atoms with Crippen LogP contribution >= 0.6 is 0 Å². The minimum absolute atomic E-state index is 0.115. The Morgan fingerprint density at radius 1 is 1.67 bits per heavy atom. The number of hydrogen-bond acceptors (Lipinski definition) is 1. The third-order valence-corrected chi connectivity index (χ3v) is 1.87. The molecule has 0 aromatic rings. The van der Waals surface area contributed by atoms with Gasteiger partial charge in [0.2, 0.25) is 5.91 Å². The lowest BCUT2D eigenvalue weighted by atomic mass is 9.80. The minimum atomic E-state index is -2.46. The van der Waals surface area contributed by atoms with E-state index < -0.39 is 13.0 Å². The Morgan fingerprint density at radius 2 is 2.25 bits per heavy atom. The van der Waals surface area contributed by atoms with Crippen molar-refractivity contribution >= 4 is 5.91 Å². The van der Waals surface area contributed by atoms with Crippen molar-refractivity contribution in [2.75, 3.05) is 6.54 Å². The second kappa shape index (κ2) is 3.65. The molecule has 2 nitrogen and oxygen atoms in total. The van der Waals surface area contributed by atoms with E-state index in [9.17, 15) is 13.6 Å². The molecule has 0 saturated heterocycles. The number of amides is 1. The van der Waals surface area contributed by atoms with Gasteiger partial charge in [-0.25, -0.2) is 8.78 Å². The zero-order valence-corrected chi connectivity index (χ0v) is 6.65. The number of hydrogen-bond donors (Lipinski definition) is 1. The molecule has 12 heavy (non-hydrogen) atoms. The smallest absolute Gasteiger partial charge is 0.255 e. The van der Waals surface area contributed by atoms with Gasteiger partial charge in [0.05, 0.1) is 6.54 Å². The van der Waals surface area contributed by atoms with E-state index in [1.807, 2.05) is 0 Å². The molecule has 1 aliphatic carbocycles. The first-order valence-corrected chi connectivity index (χ1v) is 3.82. The van der Waals surface area contributed by atoms with E-state index in [1.54, 1.807) is 0 Å². The summed E-state index contributed by atoms with van der Waals surface area (Å²) in [5.41, 5.74) is 1.02. The van der Waals surface area contributed by atoms with Crippen molar-refractivity contribution in [3.8, 4) is 0 Å². The summed E-state index contributed by atoms with van der Waals surface area (Å²) >= 11 is 0. The van der Waals surface area contributed by atoms with Gasteiger partial charge in [0.15, 0.2) is 0 Å². The fourth-order valence-electron chi connectivity index (χ4n) is 1.14. The van der Waals surface area contributed by atoms with Crippen molar-refractivity contribution in [2.45, 2.75) is 19.3 Å². The van der Waals surface area contributed by atoms with Crippen molar-refractivity contribution < 1.29 is 13.6 Å². The molecule has 1 amide bonds. The Balaban J connectivity index is 2.17. The third kappa shape index (κ3) is 2.29. The Bertz CT molecular complexity index is 195. The van der Waals surface area contributed by atoms with Gasteiger partial charge in [-0.1, -0.05) is 12.2 Å². The fourth-order valence-corrected chi connectivity index (χ4v) is 1.14. The average molecular weight is 175 g/mol. The third-order valence-electron chi connectivity index (χ3n) is 1.87. The van der Waals surface area contributed by atoms with Gasteiger partial charge in [-0.05, 0) is 12.8 Å². The van der Waals surface area contributed by atoms with Crippen molar-refractivity contribution in [3.05, 3.63) is 12.2 Å². The molecule has 1 saturated carbocycles. The van der Waals surface area contributed by atoms with Crippen LogP contribution in [0.25, 0.3) is 0 Å². The van der Waals surface area contributed by atoms with E-state index in [1.165, 1.54) is 0 Å². The number of rotatable bonds is 3. The van der Waals surface area contributed by atoms with Gasteiger partial charge < -0.3 is 5.32 Å². The standard InChI is InChI=1S/C8H11F2NO/c1-5-2-6(3-5)8(12)11-4-7(9)10/h6-7H,1-4H2,(H,11,12). The quantitative estimate of drug-likeness (QED) is 0.644. The molecule has 0 unspecified atom stereocenters. The number of allylic oxidation sites excluding steroid dienone is 1. The maximum absolute atomic E-state index is 11.6. The molecule has 0 atom stereocenters. The predicted molar refractivity (Wildman–Crippen MR) is 40.9 cm³/mol. The highest BCUT2D eigenvalue weighted by atomic mass is 19.3. The van der Waals surface area contributed by atoms with Crippen LogP contribution in [-0.4, -0.2) is 18.9 Å². The summed E-state index contributed by atoms with van der Waals surface area (Å²) in [7, 11) is 0. The zero-order valence-electron chi connectivity index (χ0n) is 6.65. The number of alkyl halides is 2. The highest BCUT2D eigenvalue weighted by Crippen LogP contribution is 2.31. The molecular weight excluding hydrogens is 164 g/mol. The molecule has 0 radical (unpaired) electrons. The lowest BCUT2D eigenvalue weighted by Gasteiger charge is -2.26. The number of carbonyl (C=O) groups excluding carboxylic acids is 1. The highest BCUT2D eigenvalue weighted by molar-refractivity contribution is 5.80. The predicted octanol–water partition coefficient (Wildman–Crippen LogP) is 1.33. The summed E-state index contributed by atoms with van der Waals surface area (Å²) in [6.07, 6.45) is -1.17. The van der Waals surface area contributed by atoms with Gasteiger partial charge >= 0.3 is 0 Å². The number of nitrogens with one attached hydrogen (secondary N) is 1. The zero-order chi connectivity index (χ0) is 9.14. The highest BCUT2D eigenvalue weighted by Gasteiger charge is 2.28. The molecule has 1 N–H and O–H groups in total. The number of halogens is 2. The molecule has 68 valence electrons. The average Bonchev–Trinajstić information content (AvgIpc) is 1.94. The first kappa shape index (κ1) is 9.16. The maximum Gasteiger partial charge on any atom is 0.255 e. The second-order valence-corrected chi connectivity index (χ2v) is 2.99. The normalized spacial score (nSPS) is 17.8. The molecule has 0 spiro atoms. The van der Waals surface area contributed by atoms with Gasteiger partial charge in [0.1, 0.15) is 0 Å². The first-order chi connectivity index (χ1) is 5.59. The molecule has 1 fully saturated rings. The van der Waals surface area contributed by atoms with E-state index in [-0.39, 0.29) is 11.8 Å². The molecule has 1 aliphatic rings. The van der Waals surface area contributed by atoms with E-state index in [2.05, 4.69) is 11.9 Å². The van der Waals surface area contributed by atoms with Crippen LogP contribution in [0.5, 0.6) is 0 Å². The summed E-state index contributed by atoms with van der Waals surface area (Å²) in [5, 5.41) is 2.17. The van der Waals surface area contributed by atoms with Gasteiger partial charge in [-0.15, -0.1) is 0 Å². The van der Waals surface area contributed by atoms with Crippen LogP contribution in [0.15, 0.2) is 12.2 Å². The monoisotopic (exact) mass is 175 g/mol. The molecule has 0 heterocycles. The molecule has 0 aromatic carbocycles. The lowest BCUT2D eigenvalue weighted by Crippen LogP contribution is -2.37. The van der Waals surface area contributed by atoms with Crippen molar-refractivity contribution in [1.82, 2.24) is 5.32 Å². The first-order valence-electron chi connectivity index (χ1n) is 3.82. The van der Waals surface area contributed by atoms with E-state index in [4.69, 9.17) is 0 Å². The number of carbonyl (C=O) groups is 1.